The van der Waals surface area contributed by atoms with Crippen LogP contribution in [0.3, 0.4) is 0 Å². The van der Waals surface area contributed by atoms with Crippen LogP contribution in [0.1, 0.15) is 18.1 Å². The van der Waals surface area contributed by atoms with Crippen LogP contribution in [0.2, 0.25) is 0 Å². The summed E-state index contributed by atoms with van der Waals surface area (Å²) in [5, 5.41) is 11.0. The first-order valence-corrected chi connectivity index (χ1v) is 10.5. The summed E-state index contributed by atoms with van der Waals surface area (Å²) in [7, 11) is -3.64. The molecular formula is C21H24ClN2O3S-. The molecule has 0 bridgehead atoms. The van der Waals surface area contributed by atoms with Gasteiger partial charge in [0.2, 0.25) is 10.0 Å². The number of benzene rings is 3. The van der Waals surface area contributed by atoms with Gasteiger partial charge in [0.15, 0.2) is 0 Å². The number of nitrogens with one attached hydrogen (secondary N) is 1. The van der Waals surface area contributed by atoms with E-state index in [-0.39, 0.29) is 17.3 Å². The van der Waals surface area contributed by atoms with E-state index in [4.69, 9.17) is 9.88 Å². The third-order valence-electron chi connectivity index (χ3n) is 4.44. The number of fused-ring (bicyclic) bond motifs is 1. The summed E-state index contributed by atoms with van der Waals surface area (Å²) in [5.74, 6) is 0.904. The molecule has 0 aromatic heterocycles. The number of primary sulfonamides is 1. The quantitative estimate of drug-likeness (QED) is 0.512. The molecule has 0 fully saturated rings. The van der Waals surface area contributed by atoms with Crippen molar-refractivity contribution in [3.8, 4) is 5.75 Å². The number of nitrogens with two attached hydrogens (primary N) is 1. The van der Waals surface area contributed by atoms with Gasteiger partial charge in [-0.1, -0.05) is 42.5 Å². The van der Waals surface area contributed by atoms with E-state index in [1.165, 1.54) is 10.8 Å². The number of hydrogen-bond acceptors (Lipinski definition) is 4. The van der Waals surface area contributed by atoms with Gasteiger partial charge in [0.05, 0.1) is 11.5 Å². The Hall–Kier alpha value is -2.12. The Bertz CT molecular complexity index is 1020. The molecule has 3 N–H and O–H groups in total. The van der Waals surface area contributed by atoms with Gasteiger partial charge in [-0.2, -0.15) is 0 Å². The molecule has 150 valence electrons. The summed E-state index contributed by atoms with van der Waals surface area (Å²) < 4.78 is 28.4. The van der Waals surface area contributed by atoms with Crippen LogP contribution in [-0.4, -0.2) is 21.6 Å². The van der Waals surface area contributed by atoms with E-state index in [1.54, 1.807) is 24.3 Å². The number of rotatable bonds is 8. The van der Waals surface area contributed by atoms with Gasteiger partial charge in [0, 0.05) is 12.1 Å². The standard InChI is InChI=1S/C21H24N2O3S.ClH/c1-2-26-21-12-9-17-5-3-4-6-19(17)20(21)15-23-14-13-16-7-10-18(11-8-16)27(22,24)25;/h3-12,23H,2,13-15H2,1H3,(H2,22,24,25);1H/p-1. The lowest BCUT2D eigenvalue weighted by Gasteiger charge is -2.14. The zero-order valence-electron chi connectivity index (χ0n) is 15.7. The predicted molar refractivity (Wildman–Crippen MR) is 108 cm³/mol. The number of hydrogen-bond donors (Lipinski definition) is 2. The lowest BCUT2D eigenvalue weighted by molar-refractivity contribution is -0.00000861. The Balaban J connectivity index is 0.00000280. The van der Waals surface area contributed by atoms with Gasteiger partial charge in [-0.25, -0.2) is 13.6 Å². The monoisotopic (exact) mass is 419 g/mol. The Labute approximate surface area is 172 Å². The van der Waals surface area contributed by atoms with Crippen LogP contribution in [0.5, 0.6) is 5.75 Å². The predicted octanol–water partition coefficient (Wildman–Crippen LogP) is 0.222. The first-order valence-electron chi connectivity index (χ1n) is 8.95. The molecule has 0 atom stereocenters. The van der Waals surface area contributed by atoms with E-state index in [9.17, 15) is 8.42 Å². The lowest BCUT2D eigenvalue weighted by Crippen LogP contribution is -3.00. The second kappa shape index (κ2) is 9.89. The zero-order chi connectivity index (χ0) is 19.3. The normalized spacial score (nSPS) is 11.2. The third-order valence-corrected chi connectivity index (χ3v) is 5.37. The van der Waals surface area contributed by atoms with Crippen LogP contribution in [0, 0.1) is 0 Å². The fourth-order valence-electron chi connectivity index (χ4n) is 3.08. The highest BCUT2D eigenvalue weighted by Crippen LogP contribution is 2.28. The molecule has 0 unspecified atom stereocenters. The smallest absolute Gasteiger partial charge is 0.238 e. The van der Waals surface area contributed by atoms with Gasteiger partial charge in [0.25, 0.3) is 0 Å². The zero-order valence-corrected chi connectivity index (χ0v) is 17.3. The van der Waals surface area contributed by atoms with Gasteiger partial charge in [0.1, 0.15) is 5.75 Å². The van der Waals surface area contributed by atoms with Crippen LogP contribution >= 0.6 is 0 Å². The van der Waals surface area contributed by atoms with Gasteiger partial charge in [-0.05, 0) is 54.4 Å². The summed E-state index contributed by atoms with van der Waals surface area (Å²) in [6, 6.07) is 19.1. The summed E-state index contributed by atoms with van der Waals surface area (Å²) in [6.45, 7) is 4.08. The van der Waals surface area contributed by atoms with Crippen LogP contribution < -0.4 is 27.6 Å². The van der Waals surface area contributed by atoms with Gasteiger partial charge in [-0.15, -0.1) is 0 Å². The highest BCUT2D eigenvalue weighted by molar-refractivity contribution is 7.89. The third kappa shape index (κ3) is 5.45. The molecule has 0 spiro atoms. The van der Waals surface area contributed by atoms with E-state index in [1.807, 2.05) is 25.1 Å². The Morgan fingerprint density at radius 3 is 2.39 bits per heavy atom. The number of ether oxygens (including phenoxy) is 1. The van der Waals surface area contributed by atoms with Crippen LogP contribution in [0.25, 0.3) is 10.8 Å². The summed E-state index contributed by atoms with van der Waals surface area (Å²) in [6.07, 6.45) is 0.791. The highest BCUT2D eigenvalue weighted by atomic mass is 35.5. The summed E-state index contributed by atoms with van der Waals surface area (Å²) in [5.41, 5.74) is 2.21. The molecule has 28 heavy (non-hydrogen) atoms. The van der Waals surface area contributed by atoms with Crippen molar-refractivity contribution in [2.24, 2.45) is 5.14 Å². The maximum Gasteiger partial charge on any atom is 0.238 e. The number of halogens is 1. The molecule has 0 saturated heterocycles. The topological polar surface area (TPSA) is 81.4 Å². The Morgan fingerprint density at radius 2 is 1.71 bits per heavy atom. The molecule has 7 heteroatoms. The second-order valence-electron chi connectivity index (χ2n) is 6.31. The average Bonchev–Trinajstić information content (AvgIpc) is 2.66. The van der Waals surface area contributed by atoms with Crippen molar-refractivity contribution in [2.75, 3.05) is 13.2 Å². The summed E-state index contributed by atoms with van der Waals surface area (Å²) >= 11 is 0. The molecule has 0 heterocycles. The van der Waals surface area contributed by atoms with E-state index in [0.717, 1.165) is 29.8 Å². The Kier molecular flexibility index (Phi) is 7.83. The van der Waals surface area contributed by atoms with Crippen molar-refractivity contribution in [3.63, 3.8) is 0 Å². The van der Waals surface area contributed by atoms with E-state index in [2.05, 4.69) is 23.5 Å². The Morgan fingerprint density at radius 1 is 1.00 bits per heavy atom. The molecule has 0 radical (unpaired) electrons. The molecular weight excluding hydrogens is 396 g/mol. The first kappa shape index (κ1) is 22.2. The van der Waals surface area contributed by atoms with Crippen molar-refractivity contribution >= 4 is 20.8 Å². The molecule has 0 amide bonds. The minimum Gasteiger partial charge on any atom is -1.00 e. The van der Waals surface area contributed by atoms with Gasteiger partial charge >= 0.3 is 0 Å². The molecule has 5 nitrogen and oxygen atoms in total. The van der Waals surface area contributed by atoms with Crippen molar-refractivity contribution < 1.29 is 25.6 Å². The van der Waals surface area contributed by atoms with Crippen LogP contribution in [0.4, 0.5) is 0 Å². The van der Waals surface area contributed by atoms with E-state index < -0.39 is 10.0 Å². The van der Waals surface area contributed by atoms with Crippen LogP contribution in [0.15, 0.2) is 65.6 Å². The maximum atomic E-state index is 11.3. The molecule has 3 rings (SSSR count). The average molecular weight is 420 g/mol. The SMILES string of the molecule is CCOc1ccc2ccccc2c1CNCCc1ccc(S(N)(=O)=O)cc1.[Cl-]. The highest BCUT2D eigenvalue weighted by Gasteiger charge is 2.09. The maximum absolute atomic E-state index is 11.3. The van der Waals surface area contributed by atoms with E-state index >= 15 is 0 Å². The first-order chi connectivity index (χ1) is 13.0. The minimum atomic E-state index is -3.64. The van der Waals surface area contributed by atoms with Crippen LogP contribution in [-0.2, 0) is 23.0 Å². The molecule has 0 aliphatic heterocycles. The molecule has 3 aromatic carbocycles. The van der Waals surface area contributed by atoms with Crippen molar-refractivity contribution in [3.05, 3.63) is 71.8 Å². The fourth-order valence-corrected chi connectivity index (χ4v) is 3.60. The van der Waals surface area contributed by atoms with Crippen molar-refractivity contribution in [2.45, 2.75) is 24.8 Å². The fraction of sp³-hybridized carbons (Fsp3) is 0.238. The van der Waals surface area contributed by atoms with E-state index in [0.29, 0.717) is 13.2 Å². The number of sulfonamides is 1. The summed E-state index contributed by atoms with van der Waals surface area (Å²) in [4.78, 5) is 0.135. The van der Waals surface area contributed by atoms with Crippen molar-refractivity contribution in [1.29, 1.82) is 0 Å². The van der Waals surface area contributed by atoms with Gasteiger partial charge in [-0.3, -0.25) is 0 Å². The molecule has 0 aliphatic carbocycles. The molecule has 0 aliphatic rings. The molecule has 3 aromatic rings. The lowest BCUT2D eigenvalue weighted by atomic mass is 10.0. The second-order valence-corrected chi connectivity index (χ2v) is 7.87. The van der Waals surface area contributed by atoms with Gasteiger partial charge < -0.3 is 22.5 Å². The minimum absolute atomic E-state index is 0. The largest absolute Gasteiger partial charge is 1.00 e. The van der Waals surface area contributed by atoms with Crippen molar-refractivity contribution in [1.82, 2.24) is 5.32 Å². The molecule has 0 saturated carbocycles.